The lowest BCUT2D eigenvalue weighted by atomic mass is 9.94. The van der Waals surface area contributed by atoms with Crippen molar-refractivity contribution in [1.29, 1.82) is 0 Å². The smallest absolute Gasteiger partial charge is 0.335 e. The molecule has 2 aliphatic rings. The van der Waals surface area contributed by atoms with E-state index >= 15 is 0 Å². The lowest BCUT2D eigenvalue weighted by molar-refractivity contribution is 0.0697. The standard InChI is InChI=1S/C13H14O2/c1-8-7-13(8)5-4-9-2-3-10(12(14)15)6-11(9)13/h2-3,6,8H,4-5,7H2,1H3,(H,14,15). The first-order valence-electron chi connectivity index (χ1n) is 5.50. The molecule has 2 unspecified atom stereocenters. The maximum absolute atomic E-state index is 10.9. The molecule has 15 heavy (non-hydrogen) atoms. The molecule has 1 N–H and O–H groups in total. The van der Waals surface area contributed by atoms with Crippen LogP contribution in [0.4, 0.5) is 0 Å². The molecule has 0 heterocycles. The summed E-state index contributed by atoms with van der Waals surface area (Å²) in [6.07, 6.45) is 3.58. The summed E-state index contributed by atoms with van der Waals surface area (Å²) in [5.74, 6) is -0.0732. The molecule has 1 aromatic carbocycles. The van der Waals surface area contributed by atoms with Crippen LogP contribution in [0.5, 0.6) is 0 Å². The number of fused-ring (bicyclic) bond motifs is 2. The van der Waals surface area contributed by atoms with E-state index in [1.54, 1.807) is 6.07 Å². The molecule has 2 atom stereocenters. The van der Waals surface area contributed by atoms with Gasteiger partial charge in [-0.15, -0.1) is 0 Å². The summed E-state index contributed by atoms with van der Waals surface area (Å²) < 4.78 is 0. The fourth-order valence-electron chi connectivity index (χ4n) is 3.09. The highest BCUT2D eigenvalue weighted by Crippen LogP contribution is 2.61. The van der Waals surface area contributed by atoms with Crippen molar-refractivity contribution in [3.8, 4) is 0 Å². The molecule has 2 aliphatic carbocycles. The average molecular weight is 202 g/mol. The largest absolute Gasteiger partial charge is 0.478 e. The lowest BCUT2D eigenvalue weighted by Gasteiger charge is -2.10. The Morgan fingerprint density at radius 2 is 2.27 bits per heavy atom. The second-order valence-electron chi connectivity index (χ2n) is 4.94. The van der Waals surface area contributed by atoms with Crippen LogP contribution in [0.1, 0.15) is 41.3 Å². The molecule has 78 valence electrons. The third-order valence-electron chi connectivity index (χ3n) is 4.19. The monoisotopic (exact) mass is 202 g/mol. The van der Waals surface area contributed by atoms with Gasteiger partial charge in [0.2, 0.25) is 0 Å². The highest BCUT2D eigenvalue weighted by Gasteiger charge is 2.55. The Bertz CT molecular complexity index is 450. The predicted octanol–water partition coefficient (Wildman–Crippen LogP) is 2.61. The Balaban J connectivity index is 2.11. The average Bonchev–Trinajstić information content (AvgIpc) is 2.70. The molecule has 1 aromatic rings. The van der Waals surface area contributed by atoms with Crippen LogP contribution in [0.25, 0.3) is 0 Å². The molecule has 0 aliphatic heterocycles. The minimum absolute atomic E-state index is 0.348. The van der Waals surface area contributed by atoms with Gasteiger partial charge in [0.05, 0.1) is 5.56 Å². The summed E-state index contributed by atoms with van der Waals surface area (Å²) >= 11 is 0. The summed E-state index contributed by atoms with van der Waals surface area (Å²) in [6.45, 7) is 2.27. The van der Waals surface area contributed by atoms with Crippen molar-refractivity contribution in [3.63, 3.8) is 0 Å². The molecule has 0 aromatic heterocycles. The second-order valence-corrected chi connectivity index (χ2v) is 4.94. The third kappa shape index (κ3) is 1.08. The quantitative estimate of drug-likeness (QED) is 0.760. The van der Waals surface area contributed by atoms with Crippen LogP contribution in [0, 0.1) is 5.92 Å². The van der Waals surface area contributed by atoms with Crippen molar-refractivity contribution in [1.82, 2.24) is 0 Å². The highest BCUT2D eigenvalue weighted by molar-refractivity contribution is 5.88. The van der Waals surface area contributed by atoms with E-state index in [2.05, 4.69) is 6.92 Å². The van der Waals surface area contributed by atoms with Crippen molar-refractivity contribution < 1.29 is 9.90 Å². The van der Waals surface area contributed by atoms with Gasteiger partial charge >= 0.3 is 5.97 Å². The van der Waals surface area contributed by atoms with Crippen LogP contribution in [-0.4, -0.2) is 11.1 Å². The van der Waals surface area contributed by atoms with Gasteiger partial charge in [-0.1, -0.05) is 13.0 Å². The van der Waals surface area contributed by atoms with Crippen LogP contribution >= 0.6 is 0 Å². The van der Waals surface area contributed by atoms with Crippen LogP contribution in [0.15, 0.2) is 18.2 Å². The van der Waals surface area contributed by atoms with Gasteiger partial charge in [-0.2, -0.15) is 0 Å². The van der Waals surface area contributed by atoms with Crippen LogP contribution in [0.2, 0.25) is 0 Å². The van der Waals surface area contributed by atoms with Crippen LogP contribution in [-0.2, 0) is 11.8 Å². The molecular formula is C13H14O2. The van der Waals surface area contributed by atoms with E-state index in [-0.39, 0.29) is 0 Å². The fraction of sp³-hybridized carbons (Fsp3) is 0.462. The molecule has 3 rings (SSSR count). The van der Waals surface area contributed by atoms with Gasteiger partial charge in [-0.3, -0.25) is 0 Å². The number of hydrogen-bond acceptors (Lipinski definition) is 1. The topological polar surface area (TPSA) is 37.3 Å². The number of carboxylic acid groups (broad SMARTS) is 1. The number of carbonyl (C=O) groups is 1. The minimum atomic E-state index is -0.812. The van der Waals surface area contributed by atoms with Crippen molar-refractivity contribution in [2.45, 2.75) is 31.6 Å². The van der Waals surface area contributed by atoms with Gasteiger partial charge in [0.1, 0.15) is 0 Å². The van der Waals surface area contributed by atoms with Gasteiger partial charge in [-0.05, 0) is 53.9 Å². The first kappa shape index (κ1) is 8.96. The number of benzene rings is 1. The van der Waals surface area contributed by atoms with Gasteiger partial charge in [0.15, 0.2) is 0 Å². The number of carboxylic acids is 1. The number of rotatable bonds is 1. The number of aromatic carboxylic acids is 1. The van der Waals surface area contributed by atoms with E-state index in [0.29, 0.717) is 11.0 Å². The SMILES string of the molecule is CC1CC12CCc1ccc(C(=O)O)cc12. The summed E-state index contributed by atoms with van der Waals surface area (Å²) in [6, 6.07) is 5.62. The molecule has 0 bridgehead atoms. The maximum Gasteiger partial charge on any atom is 0.335 e. The maximum atomic E-state index is 10.9. The third-order valence-corrected chi connectivity index (χ3v) is 4.19. The second kappa shape index (κ2) is 2.63. The zero-order chi connectivity index (χ0) is 10.6. The summed E-state index contributed by atoms with van der Waals surface area (Å²) in [5, 5.41) is 8.97. The van der Waals surface area contributed by atoms with Crippen molar-refractivity contribution in [2.75, 3.05) is 0 Å². The van der Waals surface area contributed by atoms with Gasteiger partial charge < -0.3 is 5.11 Å². The Morgan fingerprint density at radius 1 is 1.53 bits per heavy atom. The molecular weight excluding hydrogens is 188 g/mol. The van der Waals surface area contributed by atoms with E-state index in [1.165, 1.54) is 24.0 Å². The van der Waals surface area contributed by atoms with E-state index < -0.39 is 5.97 Å². The predicted molar refractivity (Wildman–Crippen MR) is 57.2 cm³/mol. The normalized spacial score (nSPS) is 31.7. The van der Waals surface area contributed by atoms with E-state index in [4.69, 9.17) is 5.11 Å². The molecule has 1 spiro atoms. The van der Waals surface area contributed by atoms with Gasteiger partial charge in [0, 0.05) is 0 Å². The lowest BCUT2D eigenvalue weighted by Crippen LogP contribution is -2.05. The molecule has 2 nitrogen and oxygen atoms in total. The van der Waals surface area contributed by atoms with Crippen LogP contribution in [0.3, 0.4) is 0 Å². The summed E-state index contributed by atoms with van der Waals surface area (Å²) in [5.41, 5.74) is 3.47. The summed E-state index contributed by atoms with van der Waals surface area (Å²) in [7, 11) is 0. The van der Waals surface area contributed by atoms with Crippen molar-refractivity contribution >= 4 is 5.97 Å². The van der Waals surface area contributed by atoms with Gasteiger partial charge in [-0.25, -0.2) is 4.79 Å². The number of aryl methyl sites for hydroxylation is 1. The zero-order valence-electron chi connectivity index (χ0n) is 8.79. The van der Waals surface area contributed by atoms with E-state index in [9.17, 15) is 4.79 Å². The fourth-order valence-corrected chi connectivity index (χ4v) is 3.09. The highest BCUT2D eigenvalue weighted by atomic mass is 16.4. The Hall–Kier alpha value is -1.31. The molecule has 0 saturated heterocycles. The van der Waals surface area contributed by atoms with Crippen LogP contribution < -0.4 is 0 Å². The Morgan fingerprint density at radius 3 is 2.87 bits per heavy atom. The zero-order valence-corrected chi connectivity index (χ0v) is 8.79. The van der Waals surface area contributed by atoms with Crippen molar-refractivity contribution in [3.05, 3.63) is 34.9 Å². The molecule has 2 heteroatoms. The first-order valence-corrected chi connectivity index (χ1v) is 5.50. The minimum Gasteiger partial charge on any atom is -0.478 e. The Kier molecular flexibility index (Phi) is 1.57. The Labute approximate surface area is 88.9 Å². The summed E-state index contributed by atoms with van der Waals surface area (Å²) in [4.78, 5) is 10.9. The molecule has 1 fully saturated rings. The number of hydrogen-bond donors (Lipinski definition) is 1. The molecule has 1 saturated carbocycles. The van der Waals surface area contributed by atoms with E-state index in [0.717, 1.165) is 12.3 Å². The first-order chi connectivity index (χ1) is 7.13. The van der Waals surface area contributed by atoms with Gasteiger partial charge in [0.25, 0.3) is 0 Å². The molecule has 0 radical (unpaired) electrons. The van der Waals surface area contributed by atoms with E-state index in [1.807, 2.05) is 12.1 Å². The molecule has 0 amide bonds. The van der Waals surface area contributed by atoms with Crippen molar-refractivity contribution in [2.24, 2.45) is 5.92 Å².